The topological polar surface area (TPSA) is 25.2 Å². The van der Waals surface area contributed by atoms with Crippen LogP contribution in [-0.4, -0.2) is 7.05 Å². The van der Waals surface area contributed by atoms with Crippen molar-refractivity contribution < 1.29 is 4.42 Å². The predicted molar refractivity (Wildman–Crippen MR) is 68.5 cm³/mol. The van der Waals surface area contributed by atoms with Gasteiger partial charge in [-0.1, -0.05) is 29.8 Å². The van der Waals surface area contributed by atoms with Crippen LogP contribution in [0.15, 0.2) is 45.5 Å². The predicted octanol–water partition coefficient (Wildman–Crippen LogP) is 3.66. The molecule has 3 heteroatoms. The molecule has 1 N–H and O–H groups in total. The van der Waals surface area contributed by atoms with Crippen molar-refractivity contribution in [1.82, 2.24) is 5.32 Å². The molecular formula is C13H14BrNO. The van der Waals surface area contributed by atoms with Crippen molar-refractivity contribution >= 4 is 15.9 Å². The van der Waals surface area contributed by atoms with Crippen LogP contribution in [0, 0.1) is 6.92 Å². The molecule has 2 rings (SSSR count). The maximum Gasteiger partial charge on any atom is 0.169 e. The van der Waals surface area contributed by atoms with E-state index < -0.39 is 0 Å². The molecule has 84 valence electrons. The minimum Gasteiger partial charge on any atom is -0.452 e. The van der Waals surface area contributed by atoms with Gasteiger partial charge in [0.2, 0.25) is 0 Å². The summed E-state index contributed by atoms with van der Waals surface area (Å²) in [5, 5.41) is 3.25. The zero-order valence-electron chi connectivity index (χ0n) is 9.33. The van der Waals surface area contributed by atoms with Crippen LogP contribution in [0.4, 0.5) is 0 Å². The van der Waals surface area contributed by atoms with Crippen LogP contribution in [0.1, 0.15) is 22.9 Å². The summed E-state index contributed by atoms with van der Waals surface area (Å²) in [5.41, 5.74) is 2.47. The van der Waals surface area contributed by atoms with E-state index in [0.29, 0.717) is 0 Å². The van der Waals surface area contributed by atoms with Gasteiger partial charge in [0.15, 0.2) is 4.67 Å². The molecule has 0 aliphatic heterocycles. The van der Waals surface area contributed by atoms with Crippen LogP contribution in [0.25, 0.3) is 0 Å². The molecule has 1 heterocycles. The third-order valence-corrected chi connectivity index (χ3v) is 3.00. The van der Waals surface area contributed by atoms with Crippen molar-refractivity contribution in [2.24, 2.45) is 0 Å². The molecule has 16 heavy (non-hydrogen) atoms. The molecule has 0 saturated carbocycles. The lowest BCUT2D eigenvalue weighted by atomic mass is 10.0. The quantitative estimate of drug-likeness (QED) is 0.928. The molecule has 2 aromatic rings. The fraction of sp³-hybridized carbons (Fsp3) is 0.231. The van der Waals surface area contributed by atoms with E-state index in [-0.39, 0.29) is 6.04 Å². The largest absolute Gasteiger partial charge is 0.452 e. The molecule has 0 aliphatic carbocycles. The smallest absolute Gasteiger partial charge is 0.169 e. The molecular weight excluding hydrogens is 266 g/mol. The Morgan fingerprint density at radius 3 is 2.31 bits per heavy atom. The third kappa shape index (κ3) is 2.36. The van der Waals surface area contributed by atoms with Gasteiger partial charge in [-0.2, -0.15) is 0 Å². The van der Waals surface area contributed by atoms with Crippen molar-refractivity contribution in [3.05, 3.63) is 58.0 Å². The molecule has 0 bridgehead atoms. The zero-order chi connectivity index (χ0) is 11.5. The monoisotopic (exact) mass is 279 g/mol. The second-order valence-electron chi connectivity index (χ2n) is 3.77. The maximum absolute atomic E-state index is 5.58. The molecule has 0 saturated heterocycles. The fourth-order valence-corrected chi connectivity index (χ4v) is 2.03. The van der Waals surface area contributed by atoms with Crippen molar-refractivity contribution in [3.8, 4) is 0 Å². The van der Waals surface area contributed by atoms with E-state index in [9.17, 15) is 0 Å². The number of hydrogen-bond acceptors (Lipinski definition) is 2. The van der Waals surface area contributed by atoms with Gasteiger partial charge in [-0.15, -0.1) is 0 Å². The Bertz CT molecular complexity index is 461. The van der Waals surface area contributed by atoms with E-state index in [0.717, 1.165) is 10.4 Å². The Morgan fingerprint density at radius 1 is 1.12 bits per heavy atom. The minimum atomic E-state index is 0.104. The van der Waals surface area contributed by atoms with E-state index in [2.05, 4.69) is 52.4 Å². The molecule has 0 amide bonds. The lowest BCUT2D eigenvalue weighted by Gasteiger charge is -2.14. The highest BCUT2D eigenvalue weighted by molar-refractivity contribution is 9.10. The molecule has 1 atom stereocenters. The van der Waals surface area contributed by atoms with Crippen LogP contribution in [0.2, 0.25) is 0 Å². The second kappa shape index (κ2) is 4.85. The fourth-order valence-electron chi connectivity index (χ4n) is 1.72. The third-order valence-electron chi connectivity index (χ3n) is 2.58. The van der Waals surface area contributed by atoms with Gasteiger partial charge in [0.1, 0.15) is 5.76 Å². The summed E-state index contributed by atoms with van der Waals surface area (Å²) in [6.45, 7) is 2.08. The summed E-state index contributed by atoms with van der Waals surface area (Å²) in [7, 11) is 1.93. The first kappa shape index (κ1) is 11.4. The molecule has 0 fully saturated rings. The van der Waals surface area contributed by atoms with Gasteiger partial charge in [0.25, 0.3) is 0 Å². The molecule has 0 spiro atoms. The first-order valence-corrected chi connectivity index (χ1v) is 5.99. The number of hydrogen-bond donors (Lipinski definition) is 1. The van der Waals surface area contributed by atoms with Gasteiger partial charge in [-0.3, -0.25) is 0 Å². The molecule has 1 unspecified atom stereocenters. The normalized spacial score (nSPS) is 12.7. The van der Waals surface area contributed by atoms with E-state index in [1.807, 2.05) is 19.2 Å². The molecule has 0 radical (unpaired) electrons. The number of nitrogens with one attached hydrogen (secondary N) is 1. The number of furan rings is 1. The van der Waals surface area contributed by atoms with Gasteiger partial charge in [0, 0.05) is 0 Å². The number of aryl methyl sites for hydroxylation is 1. The SMILES string of the molecule is CNC(c1ccc(C)cc1)c1ccc(Br)o1. The minimum absolute atomic E-state index is 0.104. The molecule has 1 aromatic carbocycles. The first-order chi connectivity index (χ1) is 7.70. The Hall–Kier alpha value is -1.06. The summed E-state index contributed by atoms with van der Waals surface area (Å²) < 4.78 is 6.33. The second-order valence-corrected chi connectivity index (χ2v) is 4.56. The van der Waals surface area contributed by atoms with E-state index >= 15 is 0 Å². The molecule has 2 nitrogen and oxygen atoms in total. The number of benzene rings is 1. The summed E-state index contributed by atoms with van der Waals surface area (Å²) in [5.74, 6) is 0.915. The summed E-state index contributed by atoms with van der Waals surface area (Å²) in [6, 6.07) is 12.4. The van der Waals surface area contributed by atoms with E-state index in [4.69, 9.17) is 4.42 Å². The van der Waals surface area contributed by atoms with Crippen molar-refractivity contribution in [1.29, 1.82) is 0 Å². The van der Waals surface area contributed by atoms with Gasteiger partial charge >= 0.3 is 0 Å². The van der Waals surface area contributed by atoms with Gasteiger partial charge in [-0.25, -0.2) is 0 Å². The number of halogens is 1. The highest BCUT2D eigenvalue weighted by Gasteiger charge is 2.15. The van der Waals surface area contributed by atoms with Crippen molar-refractivity contribution in [2.45, 2.75) is 13.0 Å². The summed E-state index contributed by atoms with van der Waals surface area (Å²) in [6.07, 6.45) is 0. The van der Waals surface area contributed by atoms with E-state index in [1.54, 1.807) is 0 Å². The summed E-state index contributed by atoms with van der Waals surface area (Å²) >= 11 is 3.32. The average molecular weight is 280 g/mol. The Kier molecular flexibility index (Phi) is 3.46. The van der Waals surface area contributed by atoms with Crippen LogP contribution < -0.4 is 5.32 Å². The van der Waals surface area contributed by atoms with Crippen LogP contribution in [0.3, 0.4) is 0 Å². The highest BCUT2D eigenvalue weighted by atomic mass is 79.9. The zero-order valence-corrected chi connectivity index (χ0v) is 10.9. The lowest BCUT2D eigenvalue weighted by Crippen LogP contribution is -2.16. The van der Waals surface area contributed by atoms with Crippen molar-refractivity contribution in [3.63, 3.8) is 0 Å². The van der Waals surface area contributed by atoms with Gasteiger partial charge < -0.3 is 9.73 Å². The van der Waals surface area contributed by atoms with Crippen LogP contribution in [0.5, 0.6) is 0 Å². The average Bonchev–Trinajstić information content (AvgIpc) is 2.69. The van der Waals surface area contributed by atoms with Crippen molar-refractivity contribution in [2.75, 3.05) is 7.05 Å². The summed E-state index contributed by atoms with van der Waals surface area (Å²) in [4.78, 5) is 0. The standard InChI is InChI=1S/C13H14BrNO/c1-9-3-5-10(6-4-9)13(15-2)11-7-8-12(14)16-11/h3-8,13,15H,1-2H3. The highest BCUT2D eigenvalue weighted by Crippen LogP contribution is 2.25. The molecule has 0 aliphatic rings. The number of rotatable bonds is 3. The lowest BCUT2D eigenvalue weighted by molar-refractivity contribution is 0.447. The Morgan fingerprint density at radius 2 is 1.81 bits per heavy atom. The van der Waals surface area contributed by atoms with Gasteiger partial charge in [-0.05, 0) is 47.6 Å². The van der Waals surface area contributed by atoms with E-state index in [1.165, 1.54) is 11.1 Å². The first-order valence-electron chi connectivity index (χ1n) is 5.20. The molecule has 1 aromatic heterocycles. The van der Waals surface area contributed by atoms with Crippen LogP contribution in [-0.2, 0) is 0 Å². The van der Waals surface area contributed by atoms with Crippen LogP contribution >= 0.6 is 15.9 Å². The Labute approximate surface area is 104 Å². The Balaban J connectivity index is 2.32. The van der Waals surface area contributed by atoms with Gasteiger partial charge in [0.05, 0.1) is 6.04 Å². The maximum atomic E-state index is 5.58.